The lowest BCUT2D eigenvalue weighted by Gasteiger charge is -2.12. The molecule has 2 aromatic rings. The molecule has 0 saturated carbocycles. The number of hydrogen-bond acceptors (Lipinski definition) is 4. The highest BCUT2D eigenvalue weighted by atomic mass is 79.9. The van der Waals surface area contributed by atoms with Crippen LogP contribution >= 0.6 is 15.9 Å². The minimum Gasteiger partial charge on any atom is -0.451 e. The second-order valence-corrected chi connectivity index (χ2v) is 6.52. The van der Waals surface area contributed by atoms with Gasteiger partial charge in [0.25, 0.3) is 0 Å². The fourth-order valence-electron chi connectivity index (χ4n) is 2.63. The van der Waals surface area contributed by atoms with Gasteiger partial charge < -0.3 is 9.72 Å². The lowest BCUT2D eigenvalue weighted by molar-refractivity contribution is 0.0317. The molecule has 5 nitrogen and oxygen atoms in total. The Hall–Kier alpha value is -2.21. The molecule has 1 aromatic heterocycles. The third-order valence-corrected chi connectivity index (χ3v) is 4.24. The number of rotatable bonds is 5. The zero-order valence-electron chi connectivity index (χ0n) is 13.9. The van der Waals surface area contributed by atoms with Crippen LogP contribution in [0.4, 0.5) is 0 Å². The summed E-state index contributed by atoms with van der Waals surface area (Å²) in [7, 11) is 0. The molecule has 0 amide bonds. The SMILES string of the molecule is CC(=O)c1c(C)[nH]c(C(=O)[C@H](C)OC(=O)c2cccc(Br)c2)c1C. The molecule has 126 valence electrons. The molecule has 0 spiro atoms. The van der Waals surface area contributed by atoms with Gasteiger partial charge in [0.15, 0.2) is 11.9 Å². The van der Waals surface area contributed by atoms with E-state index in [1.165, 1.54) is 13.8 Å². The van der Waals surface area contributed by atoms with Gasteiger partial charge in [0.05, 0.1) is 11.3 Å². The van der Waals surface area contributed by atoms with E-state index in [1.54, 1.807) is 38.1 Å². The average Bonchev–Trinajstić information content (AvgIpc) is 2.81. The molecular formula is C18H18BrNO4. The Bertz CT molecular complexity index is 822. The van der Waals surface area contributed by atoms with Crippen LogP contribution in [0.2, 0.25) is 0 Å². The van der Waals surface area contributed by atoms with Crippen molar-refractivity contribution in [2.45, 2.75) is 33.8 Å². The molecule has 0 bridgehead atoms. The van der Waals surface area contributed by atoms with E-state index in [0.717, 1.165) is 4.47 Å². The van der Waals surface area contributed by atoms with Crippen LogP contribution in [0, 0.1) is 13.8 Å². The Morgan fingerprint density at radius 3 is 2.42 bits per heavy atom. The molecule has 6 heteroatoms. The quantitative estimate of drug-likeness (QED) is 0.616. The van der Waals surface area contributed by atoms with Crippen molar-refractivity contribution >= 4 is 33.5 Å². The summed E-state index contributed by atoms with van der Waals surface area (Å²) in [6.45, 7) is 6.41. The lowest BCUT2D eigenvalue weighted by Crippen LogP contribution is -2.25. The number of hydrogen-bond donors (Lipinski definition) is 1. The number of aromatic amines is 1. The summed E-state index contributed by atoms with van der Waals surface area (Å²) in [5.41, 5.74) is 2.37. The second-order valence-electron chi connectivity index (χ2n) is 5.60. The van der Waals surface area contributed by atoms with Crippen LogP contribution in [0.25, 0.3) is 0 Å². The summed E-state index contributed by atoms with van der Waals surface area (Å²) >= 11 is 3.28. The number of ketones is 2. The first-order valence-corrected chi connectivity index (χ1v) is 8.22. The van der Waals surface area contributed by atoms with E-state index in [2.05, 4.69) is 20.9 Å². The number of aromatic nitrogens is 1. The third kappa shape index (κ3) is 3.64. The van der Waals surface area contributed by atoms with Crippen LogP contribution in [0.15, 0.2) is 28.7 Å². The van der Waals surface area contributed by atoms with E-state index >= 15 is 0 Å². The molecule has 2 rings (SSSR count). The fraction of sp³-hybridized carbons (Fsp3) is 0.278. The zero-order valence-corrected chi connectivity index (χ0v) is 15.5. The highest BCUT2D eigenvalue weighted by Crippen LogP contribution is 2.21. The number of H-pyrrole nitrogens is 1. The van der Waals surface area contributed by atoms with Crippen LogP contribution < -0.4 is 0 Å². The van der Waals surface area contributed by atoms with Crippen LogP contribution in [0.5, 0.6) is 0 Å². The molecule has 1 heterocycles. The van der Waals surface area contributed by atoms with E-state index in [4.69, 9.17) is 4.74 Å². The first kappa shape index (κ1) is 18.1. The van der Waals surface area contributed by atoms with Crippen molar-refractivity contribution in [1.82, 2.24) is 4.98 Å². The Balaban J connectivity index is 2.20. The van der Waals surface area contributed by atoms with Gasteiger partial charge in [0, 0.05) is 15.7 Å². The van der Waals surface area contributed by atoms with Crippen LogP contribution in [0.1, 0.15) is 56.3 Å². The van der Waals surface area contributed by atoms with Gasteiger partial charge in [-0.3, -0.25) is 9.59 Å². The van der Waals surface area contributed by atoms with Crippen molar-refractivity contribution in [3.8, 4) is 0 Å². The minimum absolute atomic E-state index is 0.112. The number of ether oxygens (including phenoxy) is 1. The smallest absolute Gasteiger partial charge is 0.338 e. The minimum atomic E-state index is -0.965. The first-order chi connectivity index (χ1) is 11.2. The van der Waals surface area contributed by atoms with Crippen molar-refractivity contribution in [1.29, 1.82) is 0 Å². The van der Waals surface area contributed by atoms with Crippen molar-refractivity contribution < 1.29 is 19.1 Å². The van der Waals surface area contributed by atoms with Gasteiger partial charge in [-0.1, -0.05) is 22.0 Å². The van der Waals surface area contributed by atoms with Crippen LogP contribution in [-0.4, -0.2) is 28.6 Å². The van der Waals surface area contributed by atoms with E-state index in [-0.39, 0.29) is 11.6 Å². The van der Waals surface area contributed by atoms with Crippen molar-refractivity contribution in [2.75, 3.05) is 0 Å². The van der Waals surface area contributed by atoms with Gasteiger partial charge in [-0.15, -0.1) is 0 Å². The van der Waals surface area contributed by atoms with Crippen LogP contribution in [0.3, 0.4) is 0 Å². The van der Waals surface area contributed by atoms with Gasteiger partial charge >= 0.3 is 5.97 Å². The average molecular weight is 392 g/mol. The van der Waals surface area contributed by atoms with E-state index in [9.17, 15) is 14.4 Å². The summed E-state index contributed by atoms with van der Waals surface area (Å²) < 4.78 is 6.01. The molecule has 0 fully saturated rings. The fourth-order valence-corrected chi connectivity index (χ4v) is 3.02. The highest BCUT2D eigenvalue weighted by Gasteiger charge is 2.26. The zero-order chi connectivity index (χ0) is 18.0. The van der Waals surface area contributed by atoms with Crippen LogP contribution in [-0.2, 0) is 4.74 Å². The maximum atomic E-state index is 12.6. The topological polar surface area (TPSA) is 76.2 Å². The predicted molar refractivity (Wildman–Crippen MR) is 93.6 cm³/mol. The molecule has 0 radical (unpaired) electrons. The maximum absolute atomic E-state index is 12.6. The Kier molecular flexibility index (Phi) is 5.39. The van der Waals surface area contributed by atoms with Crippen molar-refractivity contribution in [2.24, 2.45) is 0 Å². The predicted octanol–water partition coefficient (Wildman–Crippen LogP) is 4.02. The van der Waals surface area contributed by atoms with Crippen molar-refractivity contribution in [3.63, 3.8) is 0 Å². The maximum Gasteiger partial charge on any atom is 0.338 e. The number of carbonyl (C=O) groups is 3. The normalized spacial score (nSPS) is 11.9. The molecule has 0 unspecified atom stereocenters. The molecular weight excluding hydrogens is 374 g/mol. The molecule has 0 aliphatic rings. The van der Waals surface area contributed by atoms with Gasteiger partial charge in [-0.25, -0.2) is 4.79 Å². The number of aryl methyl sites for hydroxylation is 1. The number of Topliss-reactive ketones (excluding diaryl/α,β-unsaturated/α-hetero) is 2. The molecule has 0 aliphatic carbocycles. The molecule has 1 atom stereocenters. The molecule has 1 aromatic carbocycles. The molecule has 1 N–H and O–H groups in total. The Labute approximate surface area is 148 Å². The number of halogens is 1. The first-order valence-electron chi connectivity index (χ1n) is 7.43. The van der Waals surface area contributed by atoms with E-state index < -0.39 is 12.1 Å². The van der Waals surface area contributed by atoms with Gasteiger partial charge in [0.1, 0.15) is 0 Å². The standard InChI is InChI=1S/C18H18BrNO4/c1-9-15(11(3)21)10(2)20-16(9)17(22)12(4)24-18(23)13-6-5-7-14(19)8-13/h5-8,12,20H,1-4H3/t12-/m0/s1. The molecule has 0 aliphatic heterocycles. The van der Waals surface area contributed by atoms with E-state index in [0.29, 0.717) is 28.1 Å². The van der Waals surface area contributed by atoms with Gasteiger partial charge in [0.2, 0.25) is 5.78 Å². The number of nitrogens with one attached hydrogen (secondary N) is 1. The lowest BCUT2D eigenvalue weighted by atomic mass is 10.0. The number of benzene rings is 1. The second kappa shape index (κ2) is 7.13. The summed E-state index contributed by atoms with van der Waals surface area (Å²) in [4.78, 5) is 39.3. The van der Waals surface area contributed by atoms with Gasteiger partial charge in [-0.05, 0) is 51.5 Å². The molecule has 24 heavy (non-hydrogen) atoms. The van der Waals surface area contributed by atoms with Gasteiger partial charge in [-0.2, -0.15) is 0 Å². The monoisotopic (exact) mass is 391 g/mol. The summed E-state index contributed by atoms with van der Waals surface area (Å²) in [5.74, 6) is -1.06. The Morgan fingerprint density at radius 1 is 1.21 bits per heavy atom. The Morgan fingerprint density at radius 2 is 1.88 bits per heavy atom. The summed E-state index contributed by atoms with van der Waals surface area (Å²) in [5, 5.41) is 0. The van der Waals surface area contributed by atoms with Crippen molar-refractivity contribution in [3.05, 3.63) is 56.8 Å². The number of esters is 1. The summed E-state index contributed by atoms with van der Waals surface area (Å²) in [6.07, 6.45) is -0.965. The highest BCUT2D eigenvalue weighted by molar-refractivity contribution is 9.10. The largest absolute Gasteiger partial charge is 0.451 e. The molecule has 0 saturated heterocycles. The van der Waals surface area contributed by atoms with E-state index in [1.807, 2.05) is 0 Å². The number of carbonyl (C=O) groups excluding carboxylic acids is 3. The third-order valence-electron chi connectivity index (χ3n) is 3.75. The summed E-state index contributed by atoms with van der Waals surface area (Å²) in [6, 6.07) is 6.74.